The molecule has 0 heterocycles. The van der Waals surface area contributed by atoms with Gasteiger partial charge >= 0.3 is 0 Å². The van der Waals surface area contributed by atoms with Gasteiger partial charge in [-0.2, -0.15) is 0 Å². The quantitative estimate of drug-likeness (QED) is 0.485. The summed E-state index contributed by atoms with van der Waals surface area (Å²) in [6.07, 6.45) is -2.68. The van der Waals surface area contributed by atoms with E-state index in [9.17, 15) is 15.3 Å². The molecule has 1 aliphatic rings. The van der Waals surface area contributed by atoms with Crippen LogP contribution in [0.15, 0.2) is 0 Å². The first-order valence-corrected chi connectivity index (χ1v) is 4.15. The van der Waals surface area contributed by atoms with Gasteiger partial charge < -0.3 is 20.1 Å². The highest BCUT2D eigenvalue weighted by Gasteiger charge is 2.40. The van der Waals surface area contributed by atoms with Crippen LogP contribution in [-0.4, -0.2) is 46.8 Å². The predicted octanol–water partition coefficient (Wildman–Crippen LogP) is -0.876. The Bertz CT molecular complexity index is 145. The van der Waals surface area contributed by atoms with E-state index >= 15 is 0 Å². The Labute approximate surface area is 71.8 Å². The zero-order valence-electron chi connectivity index (χ0n) is 7.34. The van der Waals surface area contributed by atoms with Gasteiger partial charge in [-0.3, -0.25) is 0 Å². The second-order valence-corrected chi connectivity index (χ2v) is 3.46. The van der Waals surface area contributed by atoms with Crippen molar-refractivity contribution in [3.05, 3.63) is 0 Å². The maximum atomic E-state index is 9.39. The van der Waals surface area contributed by atoms with E-state index in [2.05, 4.69) is 0 Å². The molecule has 1 rings (SSSR count). The molecule has 1 fully saturated rings. The average Bonchev–Trinajstić information content (AvgIpc) is 2.08. The Hall–Kier alpha value is -0.160. The lowest BCUT2D eigenvalue weighted by Gasteiger charge is -2.38. The minimum atomic E-state index is -1.08. The van der Waals surface area contributed by atoms with Crippen LogP contribution in [-0.2, 0) is 4.74 Å². The second kappa shape index (κ2) is 3.70. The summed E-state index contributed by atoms with van der Waals surface area (Å²) < 4.78 is 4.97. The summed E-state index contributed by atoms with van der Waals surface area (Å²) in [4.78, 5) is 0. The van der Waals surface area contributed by atoms with Gasteiger partial charge in [0.15, 0.2) is 0 Å². The van der Waals surface area contributed by atoms with Crippen LogP contribution in [0.5, 0.6) is 0 Å². The van der Waals surface area contributed by atoms with Gasteiger partial charge in [0.1, 0.15) is 12.2 Å². The lowest BCUT2D eigenvalue weighted by molar-refractivity contribution is -0.162. The fourth-order valence-electron chi connectivity index (χ4n) is 1.64. The molecule has 0 bridgehead atoms. The van der Waals surface area contributed by atoms with E-state index in [1.165, 1.54) is 7.11 Å². The molecule has 5 unspecified atom stereocenters. The summed E-state index contributed by atoms with van der Waals surface area (Å²) in [5, 5.41) is 28.1. The smallest absolute Gasteiger partial charge is 0.109 e. The highest BCUT2D eigenvalue weighted by atomic mass is 16.5. The maximum Gasteiger partial charge on any atom is 0.109 e. The number of hydrogen-bond donors (Lipinski definition) is 3. The number of ether oxygens (including phenoxy) is 1. The molecule has 0 aliphatic heterocycles. The summed E-state index contributed by atoms with van der Waals surface area (Å²) in [6, 6.07) is 0. The lowest BCUT2D eigenvalue weighted by atomic mass is 9.82. The number of aliphatic hydroxyl groups excluding tert-OH is 3. The minimum Gasteiger partial charge on any atom is -0.390 e. The van der Waals surface area contributed by atoms with Gasteiger partial charge in [0.25, 0.3) is 0 Å². The fourth-order valence-corrected chi connectivity index (χ4v) is 1.64. The van der Waals surface area contributed by atoms with Gasteiger partial charge in [0.2, 0.25) is 0 Å². The SMILES string of the molecule is COC1CC(C)C(O)C(O)C1O. The molecule has 0 saturated heterocycles. The molecule has 1 aliphatic carbocycles. The molecule has 0 radical (unpaired) electrons. The van der Waals surface area contributed by atoms with Crippen LogP contribution < -0.4 is 0 Å². The van der Waals surface area contributed by atoms with E-state index < -0.39 is 18.3 Å². The van der Waals surface area contributed by atoms with Crippen LogP contribution in [0.3, 0.4) is 0 Å². The molecule has 4 heteroatoms. The van der Waals surface area contributed by atoms with Crippen LogP contribution in [0.2, 0.25) is 0 Å². The topological polar surface area (TPSA) is 69.9 Å². The van der Waals surface area contributed by atoms with Gasteiger partial charge in [0, 0.05) is 7.11 Å². The lowest BCUT2D eigenvalue weighted by Crippen LogP contribution is -2.53. The summed E-state index contributed by atoms with van der Waals surface area (Å²) >= 11 is 0. The summed E-state index contributed by atoms with van der Waals surface area (Å²) in [5.41, 5.74) is 0. The summed E-state index contributed by atoms with van der Waals surface area (Å²) in [6.45, 7) is 1.83. The first-order valence-electron chi connectivity index (χ1n) is 4.15. The Balaban J connectivity index is 2.63. The van der Waals surface area contributed by atoms with Crippen molar-refractivity contribution >= 4 is 0 Å². The molecule has 3 N–H and O–H groups in total. The fraction of sp³-hybridized carbons (Fsp3) is 1.00. The third kappa shape index (κ3) is 1.61. The summed E-state index contributed by atoms with van der Waals surface area (Å²) in [7, 11) is 1.49. The largest absolute Gasteiger partial charge is 0.390 e. The zero-order valence-corrected chi connectivity index (χ0v) is 7.34. The number of rotatable bonds is 1. The highest BCUT2D eigenvalue weighted by Crippen LogP contribution is 2.26. The van der Waals surface area contributed by atoms with E-state index in [1.54, 1.807) is 0 Å². The first kappa shape index (κ1) is 9.92. The van der Waals surface area contributed by atoms with Crippen LogP contribution in [0, 0.1) is 5.92 Å². The van der Waals surface area contributed by atoms with Crippen molar-refractivity contribution < 1.29 is 20.1 Å². The normalized spacial score (nSPS) is 49.2. The molecule has 0 amide bonds. The molecule has 4 nitrogen and oxygen atoms in total. The molecule has 0 aromatic carbocycles. The number of methoxy groups -OCH3 is 1. The van der Waals surface area contributed by atoms with Gasteiger partial charge in [-0.1, -0.05) is 6.92 Å². The minimum absolute atomic E-state index is 0.0339. The molecule has 5 atom stereocenters. The Kier molecular flexibility index (Phi) is 3.06. The number of aliphatic hydroxyl groups is 3. The molecule has 0 aromatic heterocycles. The van der Waals surface area contributed by atoms with Crippen molar-refractivity contribution in [2.45, 2.75) is 37.8 Å². The third-order valence-electron chi connectivity index (χ3n) is 2.57. The van der Waals surface area contributed by atoms with Crippen molar-refractivity contribution in [1.29, 1.82) is 0 Å². The Morgan fingerprint density at radius 3 is 2.17 bits per heavy atom. The number of hydrogen-bond acceptors (Lipinski definition) is 4. The Morgan fingerprint density at radius 2 is 1.67 bits per heavy atom. The zero-order chi connectivity index (χ0) is 9.30. The van der Waals surface area contributed by atoms with Gasteiger partial charge in [-0.05, 0) is 12.3 Å². The van der Waals surface area contributed by atoms with Gasteiger partial charge in [0.05, 0.1) is 12.2 Å². The Morgan fingerprint density at radius 1 is 1.08 bits per heavy atom. The van der Waals surface area contributed by atoms with Crippen LogP contribution in [0.25, 0.3) is 0 Å². The molecular formula is C8H16O4. The van der Waals surface area contributed by atoms with Crippen LogP contribution >= 0.6 is 0 Å². The van der Waals surface area contributed by atoms with E-state index in [1.807, 2.05) is 6.92 Å². The van der Waals surface area contributed by atoms with Gasteiger partial charge in [-0.25, -0.2) is 0 Å². The van der Waals surface area contributed by atoms with Gasteiger partial charge in [-0.15, -0.1) is 0 Å². The van der Waals surface area contributed by atoms with Crippen molar-refractivity contribution in [2.75, 3.05) is 7.11 Å². The molecule has 0 aromatic rings. The van der Waals surface area contributed by atoms with Crippen LogP contribution in [0.4, 0.5) is 0 Å². The van der Waals surface area contributed by atoms with E-state index in [0.717, 1.165) is 0 Å². The van der Waals surface area contributed by atoms with E-state index in [-0.39, 0.29) is 12.0 Å². The van der Waals surface area contributed by atoms with E-state index in [0.29, 0.717) is 6.42 Å². The molecule has 72 valence electrons. The average molecular weight is 176 g/mol. The standard InChI is InChI=1S/C8H16O4/c1-4-3-5(12-2)7(10)8(11)6(4)9/h4-11H,3H2,1-2H3. The maximum absolute atomic E-state index is 9.39. The van der Waals surface area contributed by atoms with Crippen molar-refractivity contribution in [1.82, 2.24) is 0 Å². The highest BCUT2D eigenvalue weighted by molar-refractivity contribution is 4.91. The molecule has 12 heavy (non-hydrogen) atoms. The van der Waals surface area contributed by atoms with Crippen molar-refractivity contribution in [2.24, 2.45) is 5.92 Å². The first-order chi connectivity index (χ1) is 5.57. The monoisotopic (exact) mass is 176 g/mol. The summed E-state index contributed by atoms with van der Waals surface area (Å²) in [5.74, 6) is -0.0339. The van der Waals surface area contributed by atoms with Crippen molar-refractivity contribution in [3.8, 4) is 0 Å². The molecule has 0 spiro atoms. The van der Waals surface area contributed by atoms with Crippen LogP contribution in [0.1, 0.15) is 13.3 Å². The molecule has 1 saturated carbocycles. The van der Waals surface area contributed by atoms with E-state index in [4.69, 9.17) is 4.74 Å². The van der Waals surface area contributed by atoms with Crippen molar-refractivity contribution in [3.63, 3.8) is 0 Å². The second-order valence-electron chi connectivity index (χ2n) is 3.46. The molecular weight excluding hydrogens is 160 g/mol. The third-order valence-corrected chi connectivity index (χ3v) is 2.57. The predicted molar refractivity (Wildman–Crippen MR) is 42.6 cm³/mol.